The predicted molar refractivity (Wildman–Crippen MR) is 453 cm³/mol. The first-order valence-corrected chi connectivity index (χ1v) is 38.7. The molecule has 12 rings (SSSR count). The Kier molecular flexibility index (Phi) is 37.3. The van der Waals surface area contributed by atoms with Crippen molar-refractivity contribution in [1.29, 1.82) is 0 Å². The third-order valence-electron chi connectivity index (χ3n) is 16.8. The highest BCUT2D eigenvalue weighted by Crippen LogP contribution is 2.23. The van der Waals surface area contributed by atoms with Gasteiger partial charge in [0.2, 0.25) is 0 Å². The molecule has 0 aliphatic rings. The molecule has 0 aliphatic carbocycles. The van der Waals surface area contributed by atoms with Crippen molar-refractivity contribution in [2.24, 2.45) is 0 Å². The van der Waals surface area contributed by atoms with Crippen LogP contribution in [-0.4, -0.2) is 139 Å². The lowest BCUT2D eigenvalue weighted by Crippen LogP contribution is -2.35. The SMILES string of the molecule is CC(C)(C)OC(=O)NCc1ccc(-c2ccc(C=O)nc2)cc1.CC(C)(C)OC(=O)NCc1ccc(B(O)O)cc1.CCc1ccc(-c2ccc(CN(CCN(Cc3ccccn3)Cc3ccccn3)Cc3ccccn3)nc2)cc1.O=Cc1ccc(Br)cn1.c1ccc(CNCCN(Cc2ccccn2)Cc2ccccn2)nc1. The summed E-state index contributed by atoms with van der Waals surface area (Å²) >= 11 is 3.20. The molecule has 12 aromatic rings. The topological polar surface area (TPSA) is 289 Å². The molecule has 0 saturated heterocycles. The van der Waals surface area contributed by atoms with Gasteiger partial charge in [-0.15, -0.1) is 0 Å². The number of aryl methyl sites for hydroxylation is 1. The van der Waals surface area contributed by atoms with E-state index in [4.69, 9.17) is 24.5 Å². The van der Waals surface area contributed by atoms with Crippen LogP contribution in [0.4, 0.5) is 9.59 Å². The maximum Gasteiger partial charge on any atom is 0.488 e. The molecule has 594 valence electrons. The number of amides is 2. The average Bonchev–Trinajstić information content (AvgIpc) is 0.851. The molecule has 115 heavy (non-hydrogen) atoms. The van der Waals surface area contributed by atoms with E-state index < -0.39 is 30.5 Å². The number of halogens is 1. The first-order chi connectivity index (χ1) is 55.6. The minimum atomic E-state index is -1.47. The van der Waals surface area contributed by atoms with Crippen molar-refractivity contribution >= 4 is 53.3 Å². The van der Waals surface area contributed by atoms with Crippen LogP contribution in [0, 0.1) is 0 Å². The number of carbonyl (C=O) groups is 4. The van der Waals surface area contributed by atoms with E-state index in [1.807, 2.05) is 173 Å². The fourth-order valence-corrected chi connectivity index (χ4v) is 11.3. The van der Waals surface area contributed by atoms with Crippen LogP contribution in [0.2, 0.25) is 0 Å². The third-order valence-corrected chi connectivity index (χ3v) is 17.3. The second-order valence-corrected chi connectivity index (χ2v) is 29.4. The van der Waals surface area contributed by atoms with Gasteiger partial charge in [0.25, 0.3) is 0 Å². The van der Waals surface area contributed by atoms with Gasteiger partial charge in [0.15, 0.2) is 12.6 Å². The average molecular weight is 1610 g/mol. The van der Waals surface area contributed by atoms with Gasteiger partial charge in [0.1, 0.15) is 22.6 Å². The number of rotatable bonds is 30. The quantitative estimate of drug-likeness (QED) is 0.0159. The summed E-state index contributed by atoms with van der Waals surface area (Å²) in [6, 6.07) is 70.7. The number of aldehydes is 2. The molecule has 25 heteroatoms. The summed E-state index contributed by atoms with van der Waals surface area (Å²) in [6.45, 7) is 22.7. The first-order valence-electron chi connectivity index (χ1n) is 37.9. The van der Waals surface area contributed by atoms with Crippen molar-refractivity contribution in [3.05, 3.63) is 347 Å². The number of ether oxygens (including phenoxy) is 2. The smallest absolute Gasteiger partial charge is 0.444 e. The molecule has 3 aromatic carbocycles. The normalized spacial score (nSPS) is 10.9. The van der Waals surface area contributed by atoms with Crippen LogP contribution in [0.25, 0.3) is 22.3 Å². The number of nitrogens with zero attached hydrogens (tertiary/aromatic N) is 12. The fourth-order valence-electron chi connectivity index (χ4n) is 11.0. The number of nitrogens with one attached hydrogen (secondary N) is 3. The zero-order chi connectivity index (χ0) is 81.9. The lowest BCUT2D eigenvalue weighted by atomic mass is 9.80. The van der Waals surface area contributed by atoms with Crippen molar-refractivity contribution in [2.45, 2.75) is 125 Å². The molecule has 23 nitrogen and oxygen atoms in total. The lowest BCUT2D eigenvalue weighted by Gasteiger charge is -2.27. The summed E-state index contributed by atoms with van der Waals surface area (Å²) in [7, 11) is -1.47. The van der Waals surface area contributed by atoms with Crippen LogP contribution >= 0.6 is 15.9 Å². The third kappa shape index (κ3) is 35.4. The molecule has 0 fully saturated rings. The van der Waals surface area contributed by atoms with Gasteiger partial charge in [-0.25, -0.2) is 9.59 Å². The number of alkyl carbamates (subject to hydrolysis) is 2. The minimum absolute atomic E-state index is 0.330. The van der Waals surface area contributed by atoms with Crippen LogP contribution in [0.1, 0.15) is 126 Å². The molecule has 0 radical (unpaired) electrons. The summed E-state index contributed by atoms with van der Waals surface area (Å²) in [6.07, 6.45) is 17.9. The van der Waals surface area contributed by atoms with Crippen molar-refractivity contribution < 1.29 is 38.7 Å². The maximum atomic E-state index is 11.6. The summed E-state index contributed by atoms with van der Waals surface area (Å²) in [4.78, 5) is 90.5. The highest BCUT2D eigenvalue weighted by molar-refractivity contribution is 9.10. The Morgan fingerprint density at radius 3 is 1.05 bits per heavy atom. The van der Waals surface area contributed by atoms with Crippen LogP contribution in [0.5, 0.6) is 0 Å². The Hall–Kier alpha value is -11.8. The Bertz CT molecular complexity index is 4650. The van der Waals surface area contributed by atoms with Gasteiger partial charge in [-0.3, -0.25) is 69.1 Å². The van der Waals surface area contributed by atoms with Crippen molar-refractivity contribution in [2.75, 3.05) is 26.2 Å². The molecule has 5 N–H and O–H groups in total. The Morgan fingerprint density at radius 2 is 0.730 bits per heavy atom. The maximum absolute atomic E-state index is 11.6. The van der Waals surface area contributed by atoms with E-state index in [0.29, 0.717) is 36.2 Å². The second-order valence-electron chi connectivity index (χ2n) is 28.5. The fraction of sp³-hybridized carbons (Fsp3) is 0.256. The number of aromatic nitrogens is 9. The van der Waals surface area contributed by atoms with Crippen LogP contribution in [0.3, 0.4) is 0 Å². The van der Waals surface area contributed by atoms with Gasteiger partial charge in [-0.2, -0.15) is 0 Å². The van der Waals surface area contributed by atoms with Gasteiger partial charge in [0, 0.05) is 156 Å². The minimum Gasteiger partial charge on any atom is -0.444 e. The van der Waals surface area contributed by atoms with Gasteiger partial charge in [0.05, 0.1) is 39.9 Å². The number of carbonyl (C=O) groups excluding carboxylic acids is 4. The van der Waals surface area contributed by atoms with Gasteiger partial charge in [-0.1, -0.05) is 128 Å². The molecule has 0 bridgehead atoms. The van der Waals surface area contributed by atoms with Gasteiger partial charge >= 0.3 is 19.3 Å². The van der Waals surface area contributed by atoms with Crippen molar-refractivity contribution in [3.8, 4) is 22.3 Å². The first kappa shape index (κ1) is 88.8. The molecule has 0 spiro atoms. The van der Waals surface area contributed by atoms with Gasteiger partial charge in [-0.05, 0) is 194 Å². The summed E-state index contributed by atoms with van der Waals surface area (Å²) < 4.78 is 11.2. The van der Waals surface area contributed by atoms with Crippen molar-refractivity contribution in [1.82, 2.24) is 75.5 Å². The summed E-state index contributed by atoms with van der Waals surface area (Å²) in [5, 5.41) is 26.6. The van der Waals surface area contributed by atoms with E-state index in [1.165, 1.54) is 11.1 Å². The zero-order valence-electron chi connectivity index (χ0n) is 66.2. The zero-order valence-corrected chi connectivity index (χ0v) is 67.8. The molecule has 0 saturated carbocycles. The molecule has 0 atom stereocenters. The lowest BCUT2D eigenvalue weighted by molar-refractivity contribution is 0.0512. The van der Waals surface area contributed by atoms with Crippen molar-refractivity contribution in [3.63, 3.8) is 0 Å². The summed E-state index contributed by atoms with van der Waals surface area (Å²) in [5.74, 6) is 0. The van der Waals surface area contributed by atoms with E-state index in [2.05, 4.69) is 160 Å². The molecule has 0 unspecified atom stereocenters. The highest BCUT2D eigenvalue weighted by atomic mass is 79.9. The molecule has 0 aliphatic heterocycles. The van der Waals surface area contributed by atoms with E-state index >= 15 is 0 Å². The standard InChI is InChI=1S/C34H36N6.C20H23N5.C18H20N2O3.C12H18BNO4.C6H4BrNO/c1-2-28-12-14-29(15-13-28)30-16-17-34(38-23-30)27-40(26-33-11-5-8-20-37-33)22-21-39(24-31-9-3-6-18-35-31)25-32-10-4-7-19-36-32;1-4-10-22-18(7-1)15-21-13-14-25(16-19-8-2-5-11-23-19)17-20-9-3-6-12-24-20;1-18(2,3)23-17(22)20-10-13-4-6-14(7-5-13)15-8-9-16(12-21)19-11-15;1-12(2,3)18-11(15)14-8-9-4-6-10(7-5-9)13(16)17;7-5-1-2-6(4-9)8-3-5/h3-20,23H,2,21-22,24-27H2,1H3;1-12,21H,13-17H2;4-9,11-12H,10H2,1-3H3,(H,20,22);4-7,16-17H,8H2,1-3H3,(H,14,15);1-4H. The second kappa shape index (κ2) is 48.3. The number of hydrogen-bond acceptors (Lipinski definition) is 21. The number of benzene rings is 3. The predicted octanol–water partition coefficient (Wildman–Crippen LogP) is 14.5. The monoisotopic (exact) mass is 1610 g/mol. The van der Waals surface area contributed by atoms with Crippen LogP contribution < -0.4 is 21.4 Å². The molecule has 2 amide bonds. The van der Waals surface area contributed by atoms with E-state index in [9.17, 15) is 19.2 Å². The number of pyridine rings is 9. The van der Waals surface area contributed by atoms with E-state index in [1.54, 1.807) is 75.6 Å². The molecular formula is C90H101BBrN15O8. The van der Waals surface area contributed by atoms with Gasteiger partial charge < -0.3 is 35.5 Å². The van der Waals surface area contributed by atoms with Crippen LogP contribution in [0.15, 0.2) is 279 Å². The van der Waals surface area contributed by atoms with E-state index in [0.717, 1.165) is 157 Å². The summed E-state index contributed by atoms with van der Waals surface area (Å²) in [5.41, 5.74) is 15.1. The molecule has 9 aromatic heterocycles. The molecular weight excluding hydrogens is 1510 g/mol. The Labute approximate surface area is 683 Å². The Morgan fingerprint density at radius 1 is 0.391 bits per heavy atom. The van der Waals surface area contributed by atoms with Crippen LogP contribution in [-0.2, 0) is 74.8 Å². The highest BCUT2D eigenvalue weighted by Gasteiger charge is 2.19. The van der Waals surface area contributed by atoms with E-state index in [-0.39, 0.29) is 0 Å². The molecule has 9 heterocycles. The number of hydrogen-bond donors (Lipinski definition) is 5. The largest absolute Gasteiger partial charge is 0.488 e. The Balaban J connectivity index is 0.000000192.